The third-order valence-electron chi connectivity index (χ3n) is 7.31. The zero-order valence-corrected chi connectivity index (χ0v) is 13.5. The largest absolute Gasteiger partial charge is 0.481 e. The fourth-order valence-corrected chi connectivity index (χ4v) is 6.24. The van der Waals surface area contributed by atoms with E-state index in [9.17, 15) is 4.79 Å². The predicted octanol–water partition coefficient (Wildman–Crippen LogP) is 2.70. The summed E-state index contributed by atoms with van der Waals surface area (Å²) in [5.41, 5.74) is 2.89. The molecule has 0 radical (unpaired) electrons. The second-order valence-corrected chi connectivity index (χ2v) is 8.40. The minimum atomic E-state index is -0.191. The topological polar surface area (TPSA) is 29.5 Å². The minimum absolute atomic E-state index is 0.00419. The summed E-state index contributed by atoms with van der Waals surface area (Å²) in [5.74, 6) is 2.92. The Morgan fingerprint density at radius 2 is 2.17 bits per heavy atom. The summed E-state index contributed by atoms with van der Waals surface area (Å²) >= 11 is 0. The molecule has 2 heterocycles. The van der Waals surface area contributed by atoms with Crippen LogP contribution in [0.4, 0.5) is 0 Å². The first kappa shape index (κ1) is 13.0. The monoisotopic (exact) mass is 309 g/mol. The number of benzene rings is 1. The van der Waals surface area contributed by atoms with Crippen molar-refractivity contribution in [3.05, 3.63) is 29.3 Å². The number of hydrogen-bond donors (Lipinski definition) is 0. The average molecular weight is 309 g/mol. The van der Waals surface area contributed by atoms with E-state index < -0.39 is 0 Å². The van der Waals surface area contributed by atoms with Crippen molar-refractivity contribution in [1.29, 1.82) is 0 Å². The van der Waals surface area contributed by atoms with Gasteiger partial charge >= 0.3 is 0 Å². The molecular weight excluding hydrogens is 286 g/mol. The number of hydrogen-bond acceptors (Lipinski definition) is 3. The highest BCUT2D eigenvalue weighted by Gasteiger charge is 2.65. The maximum absolute atomic E-state index is 12.7. The van der Waals surface area contributed by atoms with Crippen molar-refractivity contribution in [1.82, 2.24) is 4.90 Å². The van der Waals surface area contributed by atoms with E-state index in [1.165, 1.54) is 30.5 Å². The zero-order chi connectivity index (χ0) is 15.2. The van der Waals surface area contributed by atoms with Crippen molar-refractivity contribution in [2.24, 2.45) is 11.8 Å². The van der Waals surface area contributed by atoms with Crippen LogP contribution in [-0.2, 0) is 16.6 Å². The van der Waals surface area contributed by atoms with Crippen molar-refractivity contribution in [2.45, 2.75) is 56.1 Å². The Morgan fingerprint density at radius 1 is 1.26 bits per heavy atom. The van der Waals surface area contributed by atoms with Gasteiger partial charge in [-0.2, -0.15) is 0 Å². The van der Waals surface area contributed by atoms with E-state index in [-0.39, 0.29) is 11.5 Å². The molecule has 6 rings (SSSR count). The van der Waals surface area contributed by atoms with Gasteiger partial charge in [0.25, 0.3) is 0 Å². The summed E-state index contributed by atoms with van der Waals surface area (Å²) in [6.07, 6.45) is 6.71. The van der Waals surface area contributed by atoms with Crippen LogP contribution in [0.15, 0.2) is 18.2 Å². The van der Waals surface area contributed by atoms with Crippen molar-refractivity contribution < 1.29 is 9.53 Å². The maximum atomic E-state index is 12.7. The normalized spacial score (nSPS) is 40.7. The standard InChI is InChI=1S/C20H23NO2/c22-16-7-6-14-15-10-13-2-1-3-17-18(13)20(14,19(16)23-17)8-9-21(15)11-12-4-5-12/h1-3,12,14-15,19H,4-11H2/t14?,15-,19-,20+/m1/s1. The number of Topliss-reactive ketones (excluding diaryl/α,β-unsaturated/α-hetero) is 1. The van der Waals surface area contributed by atoms with Gasteiger partial charge in [0.05, 0.1) is 0 Å². The van der Waals surface area contributed by atoms with Gasteiger partial charge in [-0.1, -0.05) is 12.1 Å². The number of nitrogens with zero attached hydrogens (tertiary/aromatic N) is 1. The van der Waals surface area contributed by atoms with E-state index >= 15 is 0 Å². The molecule has 1 aromatic carbocycles. The smallest absolute Gasteiger partial charge is 0.174 e. The van der Waals surface area contributed by atoms with Crippen molar-refractivity contribution in [3.63, 3.8) is 0 Å². The van der Waals surface area contributed by atoms with Gasteiger partial charge in [0.1, 0.15) is 5.75 Å². The molecule has 1 spiro atoms. The average Bonchev–Trinajstić information content (AvgIpc) is 3.30. The van der Waals surface area contributed by atoms with Crippen LogP contribution in [0.5, 0.6) is 5.75 Å². The van der Waals surface area contributed by atoms with E-state index in [1.807, 2.05) is 0 Å². The lowest BCUT2D eigenvalue weighted by Crippen LogP contribution is -2.66. The van der Waals surface area contributed by atoms with Crippen LogP contribution in [0.1, 0.15) is 43.2 Å². The van der Waals surface area contributed by atoms with E-state index in [0.29, 0.717) is 24.2 Å². The Bertz CT molecular complexity index is 710. The van der Waals surface area contributed by atoms with Crippen LogP contribution < -0.4 is 4.74 Å². The molecule has 0 amide bonds. The summed E-state index contributed by atoms with van der Waals surface area (Å²) in [5, 5.41) is 0. The molecule has 0 aromatic heterocycles. The third-order valence-corrected chi connectivity index (χ3v) is 7.31. The number of likely N-dealkylation sites (tertiary alicyclic amines) is 1. The molecule has 5 aliphatic rings. The summed E-state index contributed by atoms with van der Waals surface area (Å²) < 4.78 is 6.25. The molecule has 3 fully saturated rings. The van der Waals surface area contributed by atoms with Gasteiger partial charge in [-0.3, -0.25) is 9.69 Å². The molecule has 2 saturated carbocycles. The van der Waals surface area contributed by atoms with Gasteiger partial charge in [-0.05, 0) is 62.1 Å². The number of ether oxygens (including phenoxy) is 1. The van der Waals surface area contributed by atoms with Gasteiger partial charge in [0.2, 0.25) is 0 Å². The molecular formula is C20H23NO2. The lowest BCUT2D eigenvalue weighted by Gasteiger charge is -2.57. The minimum Gasteiger partial charge on any atom is -0.481 e. The summed E-state index contributed by atoms with van der Waals surface area (Å²) in [6, 6.07) is 7.13. The van der Waals surface area contributed by atoms with Crippen LogP contribution in [0.2, 0.25) is 0 Å². The van der Waals surface area contributed by atoms with E-state index in [2.05, 4.69) is 23.1 Å². The molecule has 3 aliphatic carbocycles. The van der Waals surface area contributed by atoms with E-state index in [0.717, 1.165) is 37.5 Å². The van der Waals surface area contributed by atoms with Crippen molar-refractivity contribution in [3.8, 4) is 5.75 Å². The highest BCUT2D eigenvalue weighted by Crippen LogP contribution is 2.61. The molecule has 2 aliphatic heterocycles. The molecule has 1 saturated heterocycles. The maximum Gasteiger partial charge on any atom is 0.174 e. The fourth-order valence-electron chi connectivity index (χ4n) is 6.24. The van der Waals surface area contributed by atoms with Gasteiger partial charge in [0, 0.05) is 30.0 Å². The van der Waals surface area contributed by atoms with Crippen LogP contribution >= 0.6 is 0 Å². The molecule has 3 nitrogen and oxygen atoms in total. The summed E-state index contributed by atoms with van der Waals surface area (Å²) in [6.45, 7) is 2.43. The number of rotatable bonds is 2. The number of piperidine rings is 1. The zero-order valence-electron chi connectivity index (χ0n) is 13.5. The number of ketones is 1. The number of carbonyl (C=O) groups is 1. The van der Waals surface area contributed by atoms with Crippen molar-refractivity contribution in [2.75, 3.05) is 13.1 Å². The number of carbonyl (C=O) groups excluding carboxylic acids is 1. The molecule has 4 atom stereocenters. The molecule has 23 heavy (non-hydrogen) atoms. The van der Waals surface area contributed by atoms with Crippen LogP contribution in [0.25, 0.3) is 0 Å². The molecule has 1 aromatic rings. The lowest BCUT2D eigenvalue weighted by atomic mass is 9.51. The fraction of sp³-hybridized carbons (Fsp3) is 0.650. The summed E-state index contributed by atoms with van der Waals surface area (Å²) in [7, 11) is 0. The lowest BCUT2D eigenvalue weighted by molar-refractivity contribution is -0.138. The predicted molar refractivity (Wildman–Crippen MR) is 86.7 cm³/mol. The Kier molecular flexibility index (Phi) is 2.37. The Labute approximate surface area is 137 Å². The second-order valence-electron chi connectivity index (χ2n) is 8.40. The van der Waals surface area contributed by atoms with Gasteiger partial charge in [-0.15, -0.1) is 0 Å². The van der Waals surface area contributed by atoms with Crippen molar-refractivity contribution >= 4 is 5.78 Å². The van der Waals surface area contributed by atoms with E-state index in [1.54, 1.807) is 0 Å². The Hall–Kier alpha value is -1.35. The van der Waals surface area contributed by atoms with Crippen LogP contribution in [0.3, 0.4) is 0 Å². The third kappa shape index (κ3) is 1.52. The SMILES string of the molecule is O=C1CCC2[C@H]3Cc4cccc5c4[C@@]2(CCN3CC2CC2)[C@@H]1O5. The molecule has 0 N–H and O–H groups in total. The molecule has 1 unspecified atom stereocenters. The van der Waals surface area contributed by atoms with Gasteiger partial charge in [0.15, 0.2) is 11.9 Å². The first-order valence-corrected chi connectivity index (χ1v) is 9.33. The van der Waals surface area contributed by atoms with Gasteiger partial charge < -0.3 is 4.74 Å². The second kappa shape index (κ2) is 4.18. The first-order chi connectivity index (χ1) is 11.3. The Morgan fingerprint density at radius 3 is 3.04 bits per heavy atom. The van der Waals surface area contributed by atoms with Crippen LogP contribution in [0, 0.1) is 11.8 Å². The van der Waals surface area contributed by atoms with Crippen LogP contribution in [-0.4, -0.2) is 35.9 Å². The summed E-state index contributed by atoms with van der Waals surface area (Å²) in [4.78, 5) is 15.4. The van der Waals surface area contributed by atoms with E-state index in [4.69, 9.17) is 4.74 Å². The highest BCUT2D eigenvalue weighted by molar-refractivity contribution is 5.88. The molecule has 3 heteroatoms. The first-order valence-electron chi connectivity index (χ1n) is 9.33. The molecule has 2 bridgehead atoms. The Balaban J connectivity index is 1.52. The molecule has 120 valence electrons. The highest BCUT2D eigenvalue weighted by atomic mass is 16.5. The van der Waals surface area contributed by atoms with Gasteiger partial charge in [-0.25, -0.2) is 0 Å². The quantitative estimate of drug-likeness (QED) is 0.841.